The summed E-state index contributed by atoms with van der Waals surface area (Å²) in [5, 5.41) is 14.8. The highest BCUT2D eigenvalue weighted by Gasteiger charge is 2.40. The molecule has 0 radical (unpaired) electrons. The number of fused-ring (bicyclic) bond motifs is 1. The molecule has 0 bridgehead atoms. The molecule has 0 aromatic carbocycles. The van der Waals surface area contributed by atoms with Crippen molar-refractivity contribution in [3.8, 4) is 0 Å². The van der Waals surface area contributed by atoms with Crippen molar-refractivity contribution in [2.45, 2.75) is 18.5 Å². The molecular weight excluding hydrogens is 330 g/mol. The van der Waals surface area contributed by atoms with E-state index in [1.54, 1.807) is 24.4 Å². The third-order valence-corrected chi connectivity index (χ3v) is 4.32. The van der Waals surface area contributed by atoms with Crippen LogP contribution in [0.4, 0.5) is 8.78 Å². The summed E-state index contributed by atoms with van der Waals surface area (Å²) < 4.78 is 26.9. The van der Waals surface area contributed by atoms with Gasteiger partial charge in [0.05, 0.1) is 6.54 Å². The Morgan fingerprint density at radius 3 is 3.04 bits per heavy atom. The number of hydrogen-bond acceptors (Lipinski definition) is 6. The van der Waals surface area contributed by atoms with E-state index in [4.69, 9.17) is 0 Å². The molecule has 3 N–H and O–H groups in total. The third-order valence-electron chi connectivity index (χ3n) is 4.32. The number of nitrogens with zero attached hydrogens (tertiary/aromatic N) is 3. The molecule has 0 aromatic rings. The van der Waals surface area contributed by atoms with Crippen LogP contribution in [-0.4, -0.2) is 53.4 Å². The molecular formula is C16H18F2N6O. The quantitative estimate of drug-likeness (QED) is 0.674. The predicted octanol–water partition coefficient (Wildman–Crippen LogP) is 0.400. The standard InChI is InChI=1S/C16H18F2N6O/c17-16(18)6-8-23(10-16)14-5-4-13-20-9-11(24(13)22-14)15(25)21-12-3-1-2-7-19-12/h1-5,9,13,19-20H,6-8,10H2,(H,21,25). The molecule has 1 atom stereocenters. The Kier molecular flexibility index (Phi) is 3.70. The number of rotatable bonds is 2. The van der Waals surface area contributed by atoms with Gasteiger partial charge < -0.3 is 20.9 Å². The van der Waals surface area contributed by atoms with Gasteiger partial charge in [0.25, 0.3) is 11.8 Å². The third kappa shape index (κ3) is 3.09. The van der Waals surface area contributed by atoms with Crippen molar-refractivity contribution in [3.05, 3.63) is 48.1 Å². The number of hydrazone groups is 1. The second-order valence-corrected chi connectivity index (χ2v) is 6.17. The lowest BCUT2D eigenvalue weighted by Crippen LogP contribution is -2.42. The van der Waals surface area contributed by atoms with Crippen LogP contribution in [0.5, 0.6) is 0 Å². The molecule has 1 unspecified atom stereocenters. The lowest BCUT2D eigenvalue weighted by molar-refractivity contribution is -0.118. The van der Waals surface area contributed by atoms with Crippen LogP contribution in [0.1, 0.15) is 6.42 Å². The average Bonchev–Trinajstić information content (AvgIpc) is 3.18. The van der Waals surface area contributed by atoms with Crippen LogP contribution in [-0.2, 0) is 4.79 Å². The van der Waals surface area contributed by atoms with Gasteiger partial charge in [0.1, 0.15) is 23.5 Å². The van der Waals surface area contributed by atoms with Gasteiger partial charge in [0.2, 0.25) is 0 Å². The molecule has 1 amide bonds. The molecule has 132 valence electrons. The normalized spacial score (nSPS) is 26.3. The number of likely N-dealkylation sites (tertiary alicyclic amines) is 1. The van der Waals surface area contributed by atoms with Crippen molar-refractivity contribution in [2.75, 3.05) is 19.6 Å². The number of amidine groups is 1. The summed E-state index contributed by atoms with van der Waals surface area (Å²) in [5.74, 6) is -1.98. The number of carbonyl (C=O) groups excluding carboxylic acids is 1. The van der Waals surface area contributed by atoms with Gasteiger partial charge >= 0.3 is 0 Å². The molecule has 4 rings (SSSR count). The smallest absolute Gasteiger partial charge is 0.276 e. The summed E-state index contributed by atoms with van der Waals surface area (Å²) in [6.45, 7) is 0.539. The van der Waals surface area contributed by atoms with Gasteiger partial charge in [0.15, 0.2) is 0 Å². The number of nitrogens with one attached hydrogen (secondary N) is 3. The fourth-order valence-corrected chi connectivity index (χ4v) is 3.03. The van der Waals surface area contributed by atoms with Crippen LogP contribution in [0.25, 0.3) is 0 Å². The zero-order valence-electron chi connectivity index (χ0n) is 13.4. The highest BCUT2D eigenvalue weighted by molar-refractivity contribution is 5.97. The van der Waals surface area contributed by atoms with Crippen molar-refractivity contribution in [1.82, 2.24) is 25.9 Å². The molecule has 4 aliphatic heterocycles. The van der Waals surface area contributed by atoms with Crippen molar-refractivity contribution in [1.29, 1.82) is 0 Å². The van der Waals surface area contributed by atoms with Gasteiger partial charge in [0, 0.05) is 25.7 Å². The average molecular weight is 348 g/mol. The van der Waals surface area contributed by atoms with E-state index in [1.807, 2.05) is 12.2 Å². The Bertz CT molecular complexity index is 739. The summed E-state index contributed by atoms with van der Waals surface area (Å²) in [4.78, 5) is 14.0. The van der Waals surface area contributed by atoms with Crippen molar-refractivity contribution < 1.29 is 13.6 Å². The molecule has 1 saturated heterocycles. The van der Waals surface area contributed by atoms with E-state index in [1.165, 1.54) is 9.91 Å². The highest BCUT2D eigenvalue weighted by atomic mass is 19.3. The Morgan fingerprint density at radius 2 is 2.32 bits per heavy atom. The molecule has 0 aliphatic carbocycles. The minimum Gasteiger partial charge on any atom is -0.368 e. The molecule has 9 heteroatoms. The van der Waals surface area contributed by atoms with E-state index in [-0.39, 0.29) is 31.6 Å². The lowest BCUT2D eigenvalue weighted by Gasteiger charge is -2.29. The van der Waals surface area contributed by atoms with Crippen LogP contribution in [0, 0.1) is 0 Å². The van der Waals surface area contributed by atoms with Crippen molar-refractivity contribution in [3.63, 3.8) is 0 Å². The number of halogens is 2. The van der Waals surface area contributed by atoms with Crippen LogP contribution in [0.2, 0.25) is 0 Å². The Balaban J connectivity index is 1.48. The maximum absolute atomic E-state index is 13.4. The van der Waals surface area contributed by atoms with E-state index in [2.05, 4.69) is 21.1 Å². The van der Waals surface area contributed by atoms with Gasteiger partial charge in [-0.2, -0.15) is 5.10 Å². The molecule has 0 spiro atoms. The predicted molar refractivity (Wildman–Crippen MR) is 87.9 cm³/mol. The van der Waals surface area contributed by atoms with E-state index >= 15 is 0 Å². The van der Waals surface area contributed by atoms with E-state index < -0.39 is 5.92 Å². The summed E-state index contributed by atoms with van der Waals surface area (Å²) in [7, 11) is 0. The van der Waals surface area contributed by atoms with Gasteiger partial charge in [-0.05, 0) is 18.2 Å². The molecule has 25 heavy (non-hydrogen) atoms. The van der Waals surface area contributed by atoms with Crippen LogP contribution in [0.3, 0.4) is 0 Å². The number of amides is 1. The number of dihydropyridines is 1. The first-order valence-electron chi connectivity index (χ1n) is 8.09. The fourth-order valence-electron chi connectivity index (χ4n) is 3.03. The van der Waals surface area contributed by atoms with Crippen LogP contribution < -0.4 is 16.0 Å². The number of hydrogen-bond donors (Lipinski definition) is 3. The molecule has 7 nitrogen and oxygen atoms in total. The summed E-state index contributed by atoms with van der Waals surface area (Å²) in [6, 6.07) is 0. The highest BCUT2D eigenvalue weighted by Crippen LogP contribution is 2.29. The molecule has 4 heterocycles. The maximum atomic E-state index is 13.4. The number of allylic oxidation sites excluding steroid dienone is 2. The summed E-state index contributed by atoms with van der Waals surface area (Å²) >= 11 is 0. The van der Waals surface area contributed by atoms with Crippen LogP contribution >= 0.6 is 0 Å². The first-order valence-corrected chi connectivity index (χ1v) is 8.09. The zero-order valence-corrected chi connectivity index (χ0v) is 13.4. The summed E-state index contributed by atoms with van der Waals surface area (Å²) in [6.07, 6.45) is 10.2. The van der Waals surface area contributed by atoms with E-state index in [9.17, 15) is 13.6 Å². The minimum absolute atomic E-state index is 0.182. The Morgan fingerprint density at radius 1 is 1.44 bits per heavy atom. The van der Waals surface area contributed by atoms with E-state index in [0.29, 0.717) is 23.9 Å². The van der Waals surface area contributed by atoms with Gasteiger partial charge in [-0.15, -0.1) is 0 Å². The largest absolute Gasteiger partial charge is 0.368 e. The topological polar surface area (TPSA) is 72.0 Å². The SMILES string of the molecule is O=C(NC1=CC=CCN1)C1=CNC2C=CC(N3CCC(F)(F)C3)=NN12. The molecule has 0 aromatic heterocycles. The number of alkyl halides is 2. The van der Waals surface area contributed by atoms with Crippen LogP contribution in [0.15, 0.2) is 53.2 Å². The van der Waals surface area contributed by atoms with Gasteiger partial charge in [-0.1, -0.05) is 12.2 Å². The lowest BCUT2D eigenvalue weighted by atomic mass is 10.3. The zero-order chi connectivity index (χ0) is 17.4. The monoisotopic (exact) mass is 348 g/mol. The number of carbonyl (C=O) groups is 1. The fraction of sp³-hybridized carbons (Fsp3) is 0.375. The first kappa shape index (κ1) is 15.7. The Labute approximate surface area is 143 Å². The second kappa shape index (κ2) is 5.91. The molecule has 4 aliphatic rings. The maximum Gasteiger partial charge on any atom is 0.276 e. The first-order chi connectivity index (χ1) is 12.0. The second-order valence-electron chi connectivity index (χ2n) is 6.17. The van der Waals surface area contributed by atoms with Crippen molar-refractivity contribution in [2.24, 2.45) is 5.10 Å². The molecule has 0 saturated carbocycles. The van der Waals surface area contributed by atoms with Gasteiger partial charge in [-0.3, -0.25) is 4.79 Å². The molecule has 1 fully saturated rings. The van der Waals surface area contributed by atoms with E-state index in [0.717, 1.165) is 0 Å². The van der Waals surface area contributed by atoms with Crippen molar-refractivity contribution >= 4 is 11.7 Å². The Hall–Kier alpha value is -2.84. The van der Waals surface area contributed by atoms with Gasteiger partial charge in [-0.25, -0.2) is 13.8 Å². The minimum atomic E-state index is -2.70. The summed E-state index contributed by atoms with van der Waals surface area (Å²) in [5.41, 5.74) is 0.329.